The van der Waals surface area contributed by atoms with E-state index in [4.69, 9.17) is 6.58 Å². The smallest absolute Gasteiger partial charge is 0.395 e. The van der Waals surface area contributed by atoms with Crippen molar-refractivity contribution in [2.45, 2.75) is 20.4 Å². The van der Waals surface area contributed by atoms with Crippen molar-refractivity contribution >= 4 is 45.5 Å². The predicted molar refractivity (Wildman–Crippen MR) is 92.5 cm³/mol. The maximum Gasteiger partial charge on any atom is 2.00 e. The number of allylic oxidation sites excluding steroid dienone is 2. The molecule has 0 aromatic heterocycles. The summed E-state index contributed by atoms with van der Waals surface area (Å²) in [5.74, 6) is 0. The minimum atomic E-state index is 0. The van der Waals surface area contributed by atoms with E-state index in [0.717, 1.165) is 16.8 Å². The molecular weight excluding hydrogens is 334 g/mol. The van der Waals surface area contributed by atoms with E-state index in [0.29, 0.717) is 13.1 Å². The van der Waals surface area contributed by atoms with Gasteiger partial charge in [0.05, 0.1) is 6.61 Å². The Bertz CT molecular complexity index is 465. The van der Waals surface area contributed by atoms with Gasteiger partial charge in [-0.25, -0.2) is 5.57 Å². The van der Waals surface area contributed by atoms with Crippen molar-refractivity contribution in [3.63, 3.8) is 0 Å². The first-order valence-corrected chi connectivity index (χ1v) is 6.44. The fourth-order valence-electron chi connectivity index (χ4n) is 2.03. The third-order valence-corrected chi connectivity index (χ3v) is 2.99. The number of rotatable bonds is 7. The minimum absolute atomic E-state index is 0. The molecule has 0 amide bonds. The molecule has 0 aliphatic carbocycles. The molecular formula is C18H25NOSr. The number of aliphatic hydroxyl groups excluding tert-OH is 1. The summed E-state index contributed by atoms with van der Waals surface area (Å²) in [5.41, 5.74) is 3.70. The standard InChI is InChI=1S/C17H22NO.CH3.Sr/c1-5-17(14(2)3)15(4)18(11-12-19)13-16-9-7-6-8-10-16;;/h2,5-10,19H,4,11-13H2,1,3H3;1H3;/q2*-1;+2/b17-5+;;. The fourth-order valence-corrected chi connectivity index (χ4v) is 2.03. The van der Waals surface area contributed by atoms with Crippen LogP contribution in [-0.2, 0) is 6.54 Å². The third-order valence-electron chi connectivity index (χ3n) is 2.99. The Hall–Kier alpha value is -0.319. The molecule has 1 rings (SSSR count). The van der Waals surface area contributed by atoms with Crippen molar-refractivity contribution in [1.29, 1.82) is 0 Å². The first kappa shape index (κ1) is 23.0. The molecule has 0 fully saturated rings. The second-order valence-electron chi connectivity index (χ2n) is 4.46. The summed E-state index contributed by atoms with van der Waals surface area (Å²) in [7, 11) is 0. The Morgan fingerprint density at radius 3 is 2.33 bits per heavy atom. The molecule has 0 unspecified atom stereocenters. The Kier molecular flexibility index (Phi) is 13.4. The normalized spacial score (nSPS) is 10.1. The summed E-state index contributed by atoms with van der Waals surface area (Å²) in [6.45, 7) is 15.1. The first-order chi connectivity index (χ1) is 9.10. The second kappa shape index (κ2) is 12.2. The van der Waals surface area contributed by atoms with E-state index in [9.17, 15) is 5.11 Å². The van der Waals surface area contributed by atoms with Crippen LogP contribution < -0.4 is 0 Å². The van der Waals surface area contributed by atoms with Crippen LogP contribution in [0.15, 0.2) is 59.8 Å². The van der Waals surface area contributed by atoms with E-state index in [2.05, 4.69) is 18.7 Å². The van der Waals surface area contributed by atoms with Crippen LogP contribution in [0.4, 0.5) is 0 Å². The number of aliphatic hydroxyl groups is 1. The molecule has 3 heteroatoms. The minimum Gasteiger partial charge on any atom is -0.395 e. The fraction of sp³-hybridized carbons (Fsp3) is 0.278. The summed E-state index contributed by atoms with van der Waals surface area (Å²) in [5, 5.41) is 9.22. The van der Waals surface area contributed by atoms with E-state index in [1.165, 1.54) is 5.56 Å². The van der Waals surface area contributed by atoms with E-state index < -0.39 is 0 Å². The third kappa shape index (κ3) is 7.48. The maximum absolute atomic E-state index is 9.22. The second-order valence-corrected chi connectivity index (χ2v) is 4.46. The van der Waals surface area contributed by atoms with Crippen molar-refractivity contribution in [2.75, 3.05) is 13.2 Å². The number of benzene rings is 1. The number of hydrogen-bond donors (Lipinski definition) is 1. The van der Waals surface area contributed by atoms with Gasteiger partial charge in [-0.1, -0.05) is 50.8 Å². The van der Waals surface area contributed by atoms with Crippen LogP contribution in [0, 0.1) is 14.0 Å². The quantitative estimate of drug-likeness (QED) is 0.459. The van der Waals surface area contributed by atoms with Crippen LogP contribution in [0.25, 0.3) is 0 Å². The predicted octanol–water partition coefficient (Wildman–Crippen LogP) is 3.39. The SMILES string of the molecule is [CH-]=C(C)/C(=C\C)C(=C)N(CCO)Cc1ccccc1.[CH3-].[Sr+2]. The average molecular weight is 359 g/mol. The zero-order valence-electron chi connectivity index (χ0n) is 13.5. The van der Waals surface area contributed by atoms with Gasteiger partial charge in [-0.05, 0) is 11.3 Å². The molecule has 0 radical (unpaired) electrons. The van der Waals surface area contributed by atoms with Gasteiger partial charge >= 0.3 is 45.5 Å². The van der Waals surface area contributed by atoms with Crippen LogP contribution in [0.1, 0.15) is 19.4 Å². The van der Waals surface area contributed by atoms with Crippen LogP contribution in [0.3, 0.4) is 0 Å². The van der Waals surface area contributed by atoms with Gasteiger partial charge in [0.1, 0.15) is 0 Å². The molecule has 0 heterocycles. The molecule has 0 saturated heterocycles. The molecule has 2 nitrogen and oxygen atoms in total. The molecule has 1 aromatic rings. The van der Waals surface area contributed by atoms with Crippen LogP contribution >= 0.6 is 0 Å². The van der Waals surface area contributed by atoms with Gasteiger partial charge in [0, 0.05) is 13.1 Å². The Morgan fingerprint density at radius 1 is 1.33 bits per heavy atom. The molecule has 0 atom stereocenters. The summed E-state index contributed by atoms with van der Waals surface area (Å²) in [6.07, 6.45) is 1.95. The zero-order chi connectivity index (χ0) is 14.3. The summed E-state index contributed by atoms with van der Waals surface area (Å²) in [4.78, 5) is 2.04. The van der Waals surface area contributed by atoms with Gasteiger partial charge in [0.15, 0.2) is 0 Å². The van der Waals surface area contributed by atoms with Crippen molar-refractivity contribution in [2.24, 2.45) is 0 Å². The molecule has 0 aliphatic heterocycles. The zero-order valence-corrected chi connectivity index (χ0v) is 16.9. The monoisotopic (exact) mass is 359 g/mol. The van der Waals surface area contributed by atoms with Crippen molar-refractivity contribution in [3.05, 3.63) is 79.4 Å². The van der Waals surface area contributed by atoms with Gasteiger partial charge < -0.3 is 17.4 Å². The topological polar surface area (TPSA) is 23.5 Å². The Morgan fingerprint density at radius 2 is 1.90 bits per heavy atom. The van der Waals surface area contributed by atoms with Crippen LogP contribution in [-0.4, -0.2) is 68.6 Å². The maximum atomic E-state index is 9.22. The molecule has 1 N–H and O–H groups in total. The molecule has 0 aliphatic rings. The van der Waals surface area contributed by atoms with Gasteiger partial charge in [0.2, 0.25) is 0 Å². The molecule has 0 bridgehead atoms. The van der Waals surface area contributed by atoms with Crippen molar-refractivity contribution in [3.8, 4) is 0 Å². The van der Waals surface area contributed by atoms with Gasteiger partial charge in [-0.2, -0.15) is 11.6 Å². The van der Waals surface area contributed by atoms with E-state index >= 15 is 0 Å². The van der Waals surface area contributed by atoms with Crippen molar-refractivity contribution in [1.82, 2.24) is 4.90 Å². The molecule has 1 aromatic carbocycles. The molecule has 21 heavy (non-hydrogen) atoms. The average Bonchev–Trinajstić information content (AvgIpc) is 2.39. The Balaban J connectivity index is 0. The van der Waals surface area contributed by atoms with Crippen molar-refractivity contribution < 1.29 is 5.11 Å². The molecule has 0 spiro atoms. The van der Waals surface area contributed by atoms with Gasteiger partial charge in [0.25, 0.3) is 0 Å². The van der Waals surface area contributed by atoms with Crippen LogP contribution in [0.2, 0.25) is 0 Å². The Labute approximate surface area is 167 Å². The summed E-state index contributed by atoms with van der Waals surface area (Å²) >= 11 is 0. The van der Waals surface area contributed by atoms with E-state index in [-0.39, 0.29) is 59.5 Å². The van der Waals surface area contributed by atoms with Crippen LogP contribution in [0.5, 0.6) is 0 Å². The number of hydrogen-bond acceptors (Lipinski definition) is 2. The molecule has 0 saturated carbocycles. The van der Waals surface area contributed by atoms with Gasteiger partial charge in [-0.3, -0.25) is 6.58 Å². The largest absolute Gasteiger partial charge is 2.00 e. The first-order valence-electron chi connectivity index (χ1n) is 6.44. The van der Waals surface area contributed by atoms with E-state index in [1.54, 1.807) is 0 Å². The van der Waals surface area contributed by atoms with Gasteiger partial charge in [-0.15, -0.1) is 0 Å². The summed E-state index contributed by atoms with van der Waals surface area (Å²) < 4.78 is 0. The van der Waals surface area contributed by atoms with E-state index in [1.807, 2.05) is 43.0 Å². The molecule has 110 valence electrons. The summed E-state index contributed by atoms with van der Waals surface area (Å²) in [6, 6.07) is 10.1. The number of nitrogens with zero attached hydrogens (tertiary/aromatic N) is 1.